The van der Waals surface area contributed by atoms with E-state index < -0.39 is 11.7 Å². The van der Waals surface area contributed by atoms with Crippen LogP contribution in [0.15, 0.2) is 48.5 Å². The minimum absolute atomic E-state index is 0.0203. The van der Waals surface area contributed by atoms with Crippen molar-refractivity contribution < 1.29 is 18.8 Å². The van der Waals surface area contributed by atoms with Crippen molar-refractivity contribution >= 4 is 29.2 Å². The van der Waals surface area contributed by atoms with Crippen LogP contribution in [0.3, 0.4) is 0 Å². The Morgan fingerprint density at radius 2 is 1.59 bits per heavy atom. The van der Waals surface area contributed by atoms with Gasteiger partial charge in [0.2, 0.25) is 11.8 Å². The van der Waals surface area contributed by atoms with Crippen molar-refractivity contribution in [1.82, 2.24) is 10.2 Å². The van der Waals surface area contributed by atoms with Gasteiger partial charge in [-0.15, -0.1) is 0 Å². The second-order valence-corrected chi connectivity index (χ2v) is 6.80. The van der Waals surface area contributed by atoms with Crippen LogP contribution in [0.4, 0.5) is 20.6 Å². The van der Waals surface area contributed by atoms with Crippen molar-refractivity contribution in [1.29, 1.82) is 0 Å². The molecule has 0 saturated carbocycles. The standard InChI is InChI=1S/C21H23FN4O3/c22-16-7-5-6-15(12-16)13-19(27)23-14-20(28)24-17-8-1-2-9-18(17)25-21(29)26-10-3-4-11-26/h1-2,5-9,12H,3-4,10-11,13-14H2,(H,23,27)(H,24,28)(H,25,29). The number of anilines is 2. The number of likely N-dealkylation sites (tertiary alicyclic amines) is 1. The molecule has 3 N–H and O–H groups in total. The van der Waals surface area contributed by atoms with Gasteiger partial charge in [0.1, 0.15) is 5.82 Å². The van der Waals surface area contributed by atoms with Crippen molar-refractivity contribution in [3.63, 3.8) is 0 Å². The lowest BCUT2D eigenvalue weighted by molar-refractivity contribution is -0.123. The van der Waals surface area contributed by atoms with Crippen LogP contribution in [0, 0.1) is 5.82 Å². The number of hydrogen-bond donors (Lipinski definition) is 3. The molecule has 1 saturated heterocycles. The zero-order valence-corrected chi connectivity index (χ0v) is 15.9. The summed E-state index contributed by atoms with van der Waals surface area (Å²) in [6.45, 7) is 1.21. The van der Waals surface area contributed by atoms with E-state index in [-0.39, 0.29) is 24.9 Å². The molecule has 0 bridgehead atoms. The highest BCUT2D eigenvalue weighted by molar-refractivity contribution is 6.00. The summed E-state index contributed by atoms with van der Waals surface area (Å²) in [6.07, 6.45) is 1.95. The number of carbonyl (C=O) groups excluding carboxylic acids is 3. The fourth-order valence-electron chi connectivity index (χ4n) is 3.08. The largest absolute Gasteiger partial charge is 0.347 e. The lowest BCUT2D eigenvalue weighted by Crippen LogP contribution is -2.34. The number of carbonyl (C=O) groups is 3. The summed E-state index contributed by atoms with van der Waals surface area (Å²) in [7, 11) is 0. The second kappa shape index (κ2) is 9.68. The van der Waals surface area contributed by atoms with Crippen LogP contribution < -0.4 is 16.0 Å². The highest BCUT2D eigenvalue weighted by Gasteiger charge is 2.19. The average molecular weight is 398 g/mol. The van der Waals surface area contributed by atoms with Crippen LogP contribution in [0.25, 0.3) is 0 Å². The number of urea groups is 1. The van der Waals surface area contributed by atoms with Crippen molar-refractivity contribution in [2.24, 2.45) is 0 Å². The molecule has 0 aromatic heterocycles. The van der Waals surface area contributed by atoms with E-state index in [1.165, 1.54) is 18.2 Å². The third kappa shape index (κ3) is 6.03. The molecule has 2 aromatic rings. The Morgan fingerprint density at radius 1 is 0.897 bits per heavy atom. The Labute approximate surface area is 168 Å². The summed E-state index contributed by atoms with van der Waals surface area (Å²) in [4.78, 5) is 38.2. The van der Waals surface area contributed by atoms with Gasteiger partial charge in [-0.2, -0.15) is 0 Å². The Kier molecular flexibility index (Phi) is 6.78. The first-order valence-corrected chi connectivity index (χ1v) is 9.47. The molecule has 152 valence electrons. The molecule has 1 fully saturated rings. The van der Waals surface area contributed by atoms with E-state index >= 15 is 0 Å². The maximum absolute atomic E-state index is 13.2. The Balaban J connectivity index is 1.51. The molecule has 0 spiro atoms. The van der Waals surface area contributed by atoms with E-state index in [0.717, 1.165) is 25.9 Å². The first-order chi connectivity index (χ1) is 14.0. The quantitative estimate of drug-likeness (QED) is 0.699. The number of hydrogen-bond acceptors (Lipinski definition) is 3. The van der Waals surface area contributed by atoms with Crippen LogP contribution in [-0.4, -0.2) is 42.4 Å². The molecule has 29 heavy (non-hydrogen) atoms. The molecule has 8 heteroatoms. The maximum atomic E-state index is 13.2. The van der Waals surface area contributed by atoms with E-state index in [2.05, 4.69) is 16.0 Å². The number of nitrogens with one attached hydrogen (secondary N) is 3. The highest BCUT2D eigenvalue weighted by atomic mass is 19.1. The molecule has 7 nitrogen and oxygen atoms in total. The molecule has 1 aliphatic heterocycles. The van der Waals surface area contributed by atoms with E-state index in [0.29, 0.717) is 16.9 Å². The summed E-state index contributed by atoms with van der Waals surface area (Å²) in [5.41, 5.74) is 1.46. The molecule has 4 amide bonds. The van der Waals surface area contributed by atoms with Gasteiger partial charge < -0.3 is 20.9 Å². The third-order valence-electron chi connectivity index (χ3n) is 4.54. The number of benzene rings is 2. The first kappa shape index (κ1) is 20.3. The van der Waals surface area contributed by atoms with Gasteiger partial charge in [-0.1, -0.05) is 24.3 Å². The van der Waals surface area contributed by atoms with Gasteiger partial charge in [0, 0.05) is 13.1 Å². The summed E-state index contributed by atoms with van der Waals surface area (Å²) < 4.78 is 13.2. The van der Waals surface area contributed by atoms with E-state index in [4.69, 9.17) is 0 Å². The fraction of sp³-hybridized carbons (Fsp3) is 0.286. The van der Waals surface area contributed by atoms with Crippen LogP contribution >= 0.6 is 0 Å². The minimum atomic E-state index is -0.430. The summed E-state index contributed by atoms with van der Waals surface area (Å²) in [5.74, 6) is -1.23. The highest BCUT2D eigenvalue weighted by Crippen LogP contribution is 2.22. The zero-order chi connectivity index (χ0) is 20.6. The Morgan fingerprint density at radius 3 is 2.28 bits per heavy atom. The van der Waals surface area contributed by atoms with Crippen molar-refractivity contribution in [3.8, 4) is 0 Å². The van der Waals surface area contributed by atoms with Crippen molar-refractivity contribution in [3.05, 3.63) is 59.9 Å². The third-order valence-corrected chi connectivity index (χ3v) is 4.54. The first-order valence-electron chi connectivity index (χ1n) is 9.47. The molecule has 2 aromatic carbocycles. The van der Waals surface area contributed by atoms with Gasteiger partial charge in [-0.3, -0.25) is 9.59 Å². The van der Waals surface area contributed by atoms with Gasteiger partial charge in [0.25, 0.3) is 0 Å². The molecule has 1 aliphatic rings. The van der Waals surface area contributed by atoms with E-state index in [1.807, 2.05) is 0 Å². The molecule has 1 heterocycles. The van der Waals surface area contributed by atoms with Crippen LogP contribution in [0.2, 0.25) is 0 Å². The van der Waals surface area contributed by atoms with E-state index in [9.17, 15) is 18.8 Å². The Hall–Kier alpha value is -3.42. The molecule has 0 aliphatic carbocycles. The number of rotatable bonds is 6. The molecular weight excluding hydrogens is 375 g/mol. The predicted molar refractivity (Wildman–Crippen MR) is 108 cm³/mol. The normalized spacial score (nSPS) is 13.1. The summed E-state index contributed by atoms with van der Waals surface area (Å²) >= 11 is 0. The SMILES string of the molecule is O=C(Cc1cccc(F)c1)NCC(=O)Nc1ccccc1NC(=O)N1CCCC1. The lowest BCUT2D eigenvalue weighted by atomic mass is 10.1. The smallest absolute Gasteiger partial charge is 0.321 e. The maximum Gasteiger partial charge on any atom is 0.321 e. The van der Waals surface area contributed by atoms with Gasteiger partial charge in [0.15, 0.2) is 0 Å². The number of nitrogens with zero attached hydrogens (tertiary/aromatic N) is 1. The zero-order valence-electron chi connectivity index (χ0n) is 15.9. The van der Waals surface area contributed by atoms with Gasteiger partial charge >= 0.3 is 6.03 Å². The molecular formula is C21H23FN4O3. The van der Waals surface area contributed by atoms with Crippen LogP contribution in [-0.2, 0) is 16.0 Å². The van der Waals surface area contributed by atoms with E-state index in [1.54, 1.807) is 35.2 Å². The van der Waals surface area contributed by atoms with Crippen molar-refractivity contribution in [2.75, 3.05) is 30.3 Å². The van der Waals surface area contributed by atoms with Gasteiger partial charge in [-0.25, -0.2) is 9.18 Å². The van der Waals surface area contributed by atoms with Crippen LogP contribution in [0.5, 0.6) is 0 Å². The lowest BCUT2D eigenvalue weighted by Gasteiger charge is -2.18. The predicted octanol–water partition coefficient (Wildman–Crippen LogP) is 2.75. The van der Waals surface area contributed by atoms with Crippen molar-refractivity contribution in [2.45, 2.75) is 19.3 Å². The summed E-state index contributed by atoms with van der Waals surface area (Å²) in [6, 6.07) is 12.4. The molecule has 3 rings (SSSR count). The molecule has 0 atom stereocenters. The number of amides is 4. The minimum Gasteiger partial charge on any atom is -0.347 e. The fourth-order valence-corrected chi connectivity index (χ4v) is 3.08. The average Bonchev–Trinajstić information content (AvgIpc) is 3.23. The molecule has 0 unspecified atom stereocenters. The topological polar surface area (TPSA) is 90.5 Å². The second-order valence-electron chi connectivity index (χ2n) is 6.80. The van der Waals surface area contributed by atoms with Crippen LogP contribution in [0.1, 0.15) is 18.4 Å². The van der Waals surface area contributed by atoms with Gasteiger partial charge in [-0.05, 0) is 42.7 Å². The summed E-state index contributed by atoms with van der Waals surface area (Å²) in [5, 5.41) is 8.00. The number of para-hydroxylation sites is 2. The monoisotopic (exact) mass is 398 g/mol. The number of halogens is 1. The van der Waals surface area contributed by atoms with Gasteiger partial charge in [0.05, 0.1) is 24.3 Å². The Bertz CT molecular complexity index is 897. The molecule has 0 radical (unpaired) electrons.